The zero-order chi connectivity index (χ0) is 7.82. The third kappa shape index (κ3) is 6.37. The van der Waals surface area contributed by atoms with Crippen LogP contribution in [0.5, 0.6) is 0 Å². The molecule has 0 aliphatic heterocycles. The van der Waals surface area contributed by atoms with Gasteiger partial charge < -0.3 is 5.41 Å². The first kappa shape index (κ1) is 10.2. The average Bonchev–Trinajstić information content (AvgIpc) is 1.89. The van der Waals surface area contributed by atoms with Crippen molar-refractivity contribution in [2.75, 3.05) is 11.8 Å². The fourth-order valence-corrected chi connectivity index (χ4v) is 1.09. The average molecular weight is 182 g/mol. The molecule has 0 amide bonds. The number of rotatable bonds is 6. The van der Waals surface area contributed by atoms with Crippen molar-refractivity contribution < 1.29 is 0 Å². The number of hydrogen-bond acceptors (Lipinski definition) is 1. The molecule has 0 saturated heterocycles. The summed E-state index contributed by atoms with van der Waals surface area (Å²) in [5, 5.41) is 7.34. The number of alkyl halides is 2. The molecule has 0 spiro atoms. The third-order valence-electron chi connectivity index (χ3n) is 1.26. The molecule has 1 nitrogen and oxygen atoms in total. The van der Waals surface area contributed by atoms with Crippen molar-refractivity contribution in [3.05, 3.63) is 0 Å². The lowest BCUT2D eigenvalue weighted by Gasteiger charge is -1.98. The Bertz CT molecular complexity index is 93.6. The predicted octanol–water partition coefficient (Wildman–Crippen LogP) is 3.04. The van der Waals surface area contributed by atoms with Crippen molar-refractivity contribution in [1.29, 1.82) is 5.41 Å². The molecule has 1 N–H and O–H groups in total. The first-order valence-corrected chi connectivity index (χ1v) is 4.56. The van der Waals surface area contributed by atoms with Gasteiger partial charge in [0.1, 0.15) is 0 Å². The standard InChI is InChI=1S/C7H13Cl2N/c8-5-2-1-3-7(10)4-6-9/h10H,1-6H2. The summed E-state index contributed by atoms with van der Waals surface area (Å²) >= 11 is 10.9. The van der Waals surface area contributed by atoms with E-state index >= 15 is 0 Å². The van der Waals surface area contributed by atoms with E-state index in [-0.39, 0.29) is 0 Å². The van der Waals surface area contributed by atoms with Crippen molar-refractivity contribution in [1.82, 2.24) is 0 Å². The first-order valence-electron chi connectivity index (χ1n) is 3.49. The van der Waals surface area contributed by atoms with E-state index in [9.17, 15) is 0 Å². The SMILES string of the molecule is N=C(CCCl)CCCCCl. The minimum absolute atomic E-state index is 0.569. The molecule has 0 unspecified atom stereocenters. The van der Waals surface area contributed by atoms with Crippen LogP contribution in [0.15, 0.2) is 0 Å². The van der Waals surface area contributed by atoms with Crippen LogP contribution < -0.4 is 0 Å². The van der Waals surface area contributed by atoms with Crippen LogP contribution in [0.1, 0.15) is 25.7 Å². The third-order valence-corrected chi connectivity index (χ3v) is 1.71. The van der Waals surface area contributed by atoms with Gasteiger partial charge in [-0.15, -0.1) is 23.2 Å². The lowest BCUT2D eigenvalue weighted by atomic mass is 10.1. The first-order chi connectivity index (χ1) is 4.81. The summed E-state index contributed by atoms with van der Waals surface area (Å²) in [5.74, 6) is 1.27. The van der Waals surface area contributed by atoms with Crippen LogP contribution in [0.4, 0.5) is 0 Å². The Kier molecular flexibility index (Phi) is 7.54. The molecule has 0 heterocycles. The van der Waals surface area contributed by atoms with Crippen molar-refractivity contribution in [3.63, 3.8) is 0 Å². The van der Waals surface area contributed by atoms with Crippen molar-refractivity contribution in [2.24, 2.45) is 0 Å². The minimum Gasteiger partial charge on any atom is -0.310 e. The summed E-state index contributed by atoms with van der Waals surface area (Å²) in [6.45, 7) is 0. The Morgan fingerprint density at radius 2 is 1.70 bits per heavy atom. The van der Waals surface area contributed by atoms with Crippen molar-refractivity contribution in [2.45, 2.75) is 25.7 Å². The van der Waals surface area contributed by atoms with Gasteiger partial charge >= 0.3 is 0 Å². The van der Waals surface area contributed by atoms with E-state index in [2.05, 4.69) is 0 Å². The highest BCUT2D eigenvalue weighted by Gasteiger charge is 1.94. The summed E-state index contributed by atoms with van der Waals surface area (Å²) in [4.78, 5) is 0. The van der Waals surface area contributed by atoms with Gasteiger partial charge in [-0.05, 0) is 25.7 Å². The largest absolute Gasteiger partial charge is 0.310 e. The van der Waals surface area contributed by atoms with Crippen LogP contribution in [-0.2, 0) is 0 Å². The quantitative estimate of drug-likeness (QED) is 0.371. The van der Waals surface area contributed by atoms with Crippen LogP contribution in [0.3, 0.4) is 0 Å². The van der Waals surface area contributed by atoms with Crippen molar-refractivity contribution >= 4 is 28.9 Å². The summed E-state index contributed by atoms with van der Waals surface area (Å²) in [6, 6.07) is 0. The molecule has 0 aliphatic carbocycles. The highest BCUT2D eigenvalue weighted by atomic mass is 35.5. The van der Waals surface area contributed by atoms with E-state index in [1.807, 2.05) is 0 Å². The van der Waals surface area contributed by atoms with Crippen LogP contribution in [-0.4, -0.2) is 17.5 Å². The zero-order valence-corrected chi connectivity index (χ0v) is 7.51. The van der Waals surface area contributed by atoms with Gasteiger partial charge in [0.15, 0.2) is 0 Å². The second-order valence-electron chi connectivity index (χ2n) is 2.19. The number of unbranched alkanes of at least 4 members (excludes halogenated alkanes) is 1. The van der Waals surface area contributed by atoms with Gasteiger partial charge in [0, 0.05) is 17.5 Å². The van der Waals surface area contributed by atoms with Gasteiger partial charge in [-0.25, -0.2) is 0 Å². The molecule has 0 atom stereocenters. The van der Waals surface area contributed by atoms with E-state index in [1.165, 1.54) is 0 Å². The Morgan fingerprint density at radius 3 is 2.20 bits per heavy atom. The molecule has 0 radical (unpaired) electrons. The van der Waals surface area contributed by atoms with Crippen LogP contribution in [0, 0.1) is 5.41 Å². The maximum Gasteiger partial charge on any atom is 0.0275 e. The van der Waals surface area contributed by atoms with Gasteiger partial charge in [-0.2, -0.15) is 0 Å². The summed E-state index contributed by atoms with van der Waals surface area (Å²) in [5.41, 5.74) is 0.750. The topological polar surface area (TPSA) is 23.9 Å². The lowest BCUT2D eigenvalue weighted by molar-refractivity contribution is 0.828. The fourth-order valence-electron chi connectivity index (χ4n) is 0.672. The molecule has 60 valence electrons. The van der Waals surface area contributed by atoms with E-state index < -0.39 is 0 Å². The summed E-state index contributed by atoms with van der Waals surface area (Å²) < 4.78 is 0. The zero-order valence-electron chi connectivity index (χ0n) is 6.00. The molecule has 0 aliphatic rings. The number of nitrogens with one attached hydrogen (secondary N) is 1. The highest BCUT2D eigenvalue weighted by molar-refractivity contribution is 6.19. The Hall–Kier alpha value is 0.250. The normalized spacial score (nSPS) is 9.80. The maximum atomic E-state index is 7.34. The maximum absolute atomic E-state index is 7.34. The molecule has 0 rings (SSSR count). The van der Waals surface area contributed by atoms with Crippen LogP contribution in [0.25, 0.3) is 0 Å². The number of halogens is 2. The van der Waals surface area contributed by atoms with Gasteiger partial charge in [0.2, 0.25) is 0 Å². The van der Waals surface area contributed by atoms with Gasteiger partial charge in [0.25, 0.3) is 0 Å². The fraction of sp³-hybridized carbons (Fsp3) is 0.857. The molecule has 0 aromatic heterocycles. The molecule has 0 fully saturated rings. The van der Waals surface area contributed by atoms with E-state index in [0.717, 1.165) is 31.4 Å². The van der Waals surface area contributed by atoms with E-state index in [0.29, 0.717) is 11.8 Å². The molecule has 0 aromatic rings. The molecule has 3 heteroatoms. The van der Waals surface area contributed by atoms with Crippen molar-refractivity contribution in [3.8, 4) is 0 Å². The monoisotopic (exact) mass is 181 g/mol. The molecule has 0 saturated carbocycles. The van der Waals surface area contributed by atoms with Crippen LogP contribution >= 0.6 is 23.2 Å². The smallest absolute Gasteiger partial charge is 0.0275 e. The Labute approximate surface area is 72.2 Å². The predicted molar refractivity (Wildman–Crippen MR) is 47.6 cm³/mol. The minimum atomic E-state index is 0.569. The second kappa shape index (κ2) is 7.36. The highest BCUT2D eigenvalue weighted by Crippen LogP contribution is 2.01. The number of hydrogen-bond donors (Lipinski definition) is 1. The van der Waals surface area contributed by atoms with Gasteiger partial charge in [-0.3, -0.25) is 0 Å². The van der Waals surface area contributed by atoms with E-state index in [1.54, 1.807) is 0 Å². The molecule has 0 bridgehead atoms. The van der Waals surface area contributed by atoms with Gasteiger partial charge in [0.05, 0.1) is 0 Å². The molecular weight excluding hydrogens is 169 g/mol. The lowest BCUT2D eigenvalue weighted by Crippen LogP contribution is -1.96. The van der Waals surface area contributed by atoms with Crippen LogP contribution in [0.2, 0.25) is 0 Å². The van der Waals surface area contributed by atoms with E-state index in [4.69, 9.17) is 28.6 Å². The molecule has 0 aromatic carbocycles. The second-order valence-corrected chi connectivity index (χ2v) is 2.94. The van der Waals surface area contributed by atoms with Gasteiger partial charge in [-0.1, -0.05) is 0 Å². The molecular formula is C7H13Cl2N. The summed E-state index contributed by atoms with van der Waals surface area (Å²) in [6.07, 6.45) is 3.62. The summed E-state index contributed by atoms with van der Waals surface area (Å²) in [7, 11) is 0. The Morgan fingerprint density at radius 1 is 1.00 bits per heavy atom. The molecule has 10 heavy (non-hydrogen) atoms. The Balaban J connectivity index is 3.05.